The van der Waals surface area contributed by atoms with Crippen LogP contribution in [0.25, 0.3) is 0 Å². The van der Waals surface area contributed by atoms with Gasteiger partial charge in [0.2, 0.25) is 0 Å². The molecule has 0 spiro atoms. The van der Waals surface area contributed by atoms with Gasteiger partial charge in [-0.05, 0) is 12.2 Å². The van der Waals surface area contributed by atoms with E-state index in [1.54, 1.807) is 30.2 Å². The number of aliphatic carboxylic acids is 1. The van der Waals surface area contributed by atoms with Gasteiger partial charge in [-0.25, -0.2) is 9.78 Å². The van der Waals surface area contributed by atoms with E-state index in [9.17, 15) is 9.59 Å². The van der Waals surface area contributed by atoms with Crippen molar-refractivity contribution in [2.24, 2.45) is 0 Å². The van der Waals surface area contributed by atoms with E-state index < -0.39 is 5.97 Å². The number of anilines is 1. The van der Waals surface area contributed by atoms with E-state index in [-0.39, 0.29) is 12.5 Å². The number of aromatic nitrogens is 1. The number of ether oxygens (including phenoxy) is 1. The first-order valence-corrected chi connectivity index (χ1v) is 6.84. The number of rotatable bonds is 5. The smallest absolute Gasteiger partial charge is 0.333 e. The van der Waals surface area contributed by atoms with Crippen molar-refractivity contribution in [2.45, 2.75) is 0 Å². The molecule has 8 nitrogen and oxygen atoms in total. The molecule has 2 rings (SSSR count). The van der Waals surface area contributed by atoms with Crippen LogP contribution in [0.3, 0.4) is 0 Å². The molecule has 1 amide bonds. The number of nitrogens with zero attached hydrogens (tertiary/aromatic N) is 2. The Bertz CT molecular complexity index is 697. The highest BCUT2D eigenvalue weighted by Crippen LogP contribution is 2.23. The maximum Gasteiger partial charge on any atom is 0.333 e. The summed E-state index contributed by atoms with van der Waals surface area (Å²) in [5.74, 6) is 0.338. The molecule has 8 heteroatoms. The van der Waals surface area contributed by atoms with Gasteiger partial charge in [-0.2, -0.15) is 0 Å². The molecular formula is C15H18N4O4. The highest BCUT2D eigenvalue weighted by molar-refractivity contribution is 5.96. The summed E-state index contributed by atoms with van der Waals surface area (Å²) in [4.78, 5) is 28.6. The number of carboxylic acids is 1. The van der Waals surface area contributed by atoms with Crippen molar-refractivity contribution in [3.05, 3.63) is 41.4 Å². The van der Waals surface area contributed by atoms with Gasteiger partial charge in [-0.3, -0.25) is 4.79 Å². The summed E-state index contributed by atoms with van der Waals surface area (Å²) in [5.41, 5.74) is 0.637. The van der Waals surface area contributed by atoms with Crippen molar-refractivity contribution in [1.29, 1.82) is 0 Å². The molecule has 3 N–H and O–H groups in total. The first-order valence-electron chi connectivity index (χ1n) is 6.84. The highest BCUT2D eigenvalue weighted by Gasteiger charge is 2.18. The fraction of sp³-hybridized carbons (Fsp3) is 0.267. The lowest BCUT2D eigenvalue weighted by molar-refractivity contribution is -0.132. The number of carboxylic acid groups (broad SMARTS) is 1. The van der Waals surface area contributed by atoms with Crippen LogP contribution in [0.2, 0.25) is 0 Å². The molecule has 0 radical (unpaired) electrons. The van der Waals surface area contributed by atoms with Gasteiger partial charge in [0.15, 0.2) is 0 Å². The monoisotopic (exact) mass is 318 g/mol. The fourth-order valence-electron chi connectivity index (χ4n) is 2.09. The molecule has 0 fully saturated rings. The number of pyridine rings is 1. The van der Waals surface area contributed by atoms with Crippen LogP contribution in [-0.2, 0) is 4.79 Å². The number of carbonyl (C=O) groups excluding carboxylic acids is 1. The second-order valence-electron chi connectivity index (χ2n) is 4.88. The number of hydrogen-bond donors (Lipinski definition) is 3. The van der Waals surface area contributed by atoms with Crippen molar-refractivity contribution in [3.63, 3.8) is 0 Å². The van der Waals surface area contributed by atoms with Crippen molar-refractivity contribution in [3.8, 4) is 5.75 Å². The Morgan fingerprint density at radius 1 is 1.39 bits per heavy atom. The molecule has 0 bridgehead atoms. The van der Waals surface area contributed by atoms with Crippen LogP contribution in [0.15, 0.2) is 35.8 Å². The lowest BCUT2D eigenvalue weighted by Crippen LogP contribution is -2.30. The number of hydrogen-bond acceptors (Lipinski definition) is 6. The molecule has 2 heterocycles. The van der Waals surface area contributed by atoms with E-state index >= 15 is 0 Å². The minimum absolute atomic E-state index is 0.279. The van der Waals surface area contributed by atoms with Crippen LogP contribution in [0.5, 0.6) is 5.75 Å². The zero-order chi connectivity index (χ0) is 17.0. The molecular weight excluding hydrogens is 300 g/mol. The molecule has 122 valence electrons. The Kier molecular flexibility index (Phi) is 4.85. The Labute approximate surface area is 133 Å². The lowest BCUT2D eigenvalue weighted by Gasteiger charge is -2.26. The number of likely N-dealkylation sites (N-methyl/N-ethyl adjacent to an activating group) is 1. The molecule has 1 aromatic rings. The predicted molar refractivity (Wildman–Crippen MR) is 84.2 cm³/mol. The third-order valence-corrected chi connectivity index (χ3v) is 3.35. The van der Waals surface area contributed by atoms with Gasteiger partial charge in [-0.15, -0.1) is 0 Å². The Balaban J connectivity index is 2.24. The number of amides is 1. The minimum Gasteiger partial charge on any atom is -0.496 e. The zero-order valence-corrected chi connectivity index (χ0v) is 13.1. The van der Waals surface area contributed by atoms with Crippen molar-refractivity contribution in [1.82, 2.24) is 15.2 Å². The van der Waals surface area contributed by atoms with Crippen LogP contribution < -0.4 is 15.4 Å². The van der Waals surface area contributed by atoms with Crippen molar-refractivity contribution < 1.29 is 19.4 Å². The second kappa shape index (κ2) is 6.82. The SMILES string of the molecule is CNC(=O)c1cnc(NC2=CC=C(C(=O)O)CN2C)cc1OC. The Morgan fingerprint density at radius 3 is 2.70 bits per heavy atom. The molecule has 23 heavy (non-hydrogen) atoms. The van der Waals surface area contributed by atoms with E-state index in [1.165, 1.54) is 20.4 Å². The normalized spacial score (nSPS) is 13.8. The topological polar surface area (TPSA) is 104 Å². The van der Waals surface area contributed by atoms with E-state index in [0.717, 1.165) is 0 Å². The lowest BCUT2D eigenvalue weighted by atomic mass is 10.2. The molecule has 0 saturated heterocycles. The molecule has 0 aliphatic carbocycles. The van der Waals surface area contributed by atoms with Gasteiger partial charge in [-0.1, -0.05) is 0 Å². The van der Waals surface area contributed by atoms with Gasteiger partial charge in [0.1, 0.15) is 17.4 Å². The van der Waals surface area contributed by atoms with E-state index in [4.69, 9.17) is 9.84 Å². The summed E-state index contributed by atoms with van der Waals surface area (Å²) >= 11 is 0. The van der Waals surface area contributed by atoms with Crippen molar-refractivity contribution in [2.75, 3.05) is 33.1 Å². The Morgan fingerprint density at radius 2 is 2.13 bits per heavy atom. The standard InChI is InChI=1S/C15H18N4O4/c1-16-14(20)10-7-17-12(6-11(10)23-3)18-13-5-4-9(15(21)22)8-19(13)2/h4-7H,8H2,1-3H3,(H,16,20)(H,17,18)(H,21,22). The highest BCUT2D eigenvalue weighted by atomic mass is 16.5. The molecule has 1 aliphatic rings. The average Bonchev–Trinajstić information content (AvgIpc) is 2.55. The largest absolute Gasteiger partial charge is 0.496 e. The molecule has 0 atom stereocenters. The number of carbonyl (C=O) groups is 2. The van der Waals surface area contributed by atoms with Crippen molar-refractivity contribution >= 4 is 17.7 Å². The van der Waals surface area contributed by atoms with Crippen LogP contribution in [0.4, 0.5) is 5.82 Å². The zero-order valence-electron chi connectivity index (χ0n) is 13.1. The van der Waals surface area contributed by atoms with Gasteiger partial charge >= 0.3 is 5.97 Å². The van der Waals surface area contributed by atoms with E-state index in [0.29, 0.717) is 28.5 Å². The second-order valence-corrected chi connectivity index (χ2v) is 4.88. The summed E-state index contributed by atoms with van der Waals surface area (Å²) in [6.45, 7) is 0.279. The predicted octanol–water partition coefficient (Wildman–Crippen LogP) is 0.659. The maximum atomic E-state index is 11.7. The number of methoxy groups -OCH3 is 1. The fourth-order valence-corrected chi connectivity index (χ4v) is 2.09. The summed E-state index contributed by atoms with van der Waals surface area (Å²) < 4.78 is 5.21. The van der Waals surface area contributed by atoms with Gasteiger partial charge in [0.05, 0.1) is 24.8 Å². The summed E-state index contributed by atoms with van der Waals surface area (Å²) in [6.07, 6.45) is 4.62. The van der Waals surface area contributed by atoms with Gasteiger partial charge in [0, 0.05) is 26.4 Å². The number of allylic oxidation sites excluding steroid dienone is 2. The van der Waals surface area contributed by atoms with Crippen LogP contribution in [0.1, 0.15) is 10.4 Å². The first-order chi connectivity index (χ1) is 11.0. The van der Waals surface area contributed by atoms with Crippen LogP contribution in [0, 0.1) is 0 Å². The minimum atomic E-state index is -0.943. The Hall–Kier alpha value is -3.03. The molecule has 1 aromatic heterocycles. The molecule has 0 saturated carbocycles. The first kappa shape index (κ1) is 16.3. The quantitative estimate of drug-likeness (QED) is 0.732. The summed E-state index contributed by atoms with van der Waals surface area (Å²) in [7, 11) is 4.77. The van der Waals surface area contributed by atoms with Gasteiger partial charge in [0.25, 0.3) is 5.91 Å². The van der Waals surface area contributed by atoms with E-state index in [2.05, 4.69) is 15.6 Å². The third-order valence-electron chi connectivity index (χ3n) is 3.35. The van der Waals surface area contributed by atoms with Gasteiger partial charge < -0.3 is 25.4 Å². The maximum absolute atomic E-state index is 11.7. The summed E-state index contributed by atoms with van der Waals surface area (Å²) in [6, 6.07) is 1.61. The summed E-state index contributed by atoms with van der Waals surface area (Å²) in [5, 5.41) is 14.6. The molecule has 0 aromatic carbocycles. The third kappa shape index (κ3) is 3.60. The van der Waals surface area contributed by atoms with E-state index in [1.807, 2.05) is 0 Å². The molecule has 0 unspecified atom stereocenters. The number of nitrogens with one attached hydrogen (secondary N) is 2. The van der Waals surface area contributed by atoms with Crippen LogP contribution >= 0.6 is 0 Å². The van der Waals surface area contributed by atoms with Crippen LogP contribution in [-0.4, -0.2) is 54.6 Å². The average molecular weight is 318 g/mol. The molecule has 1 aliphatic heterocycles.